The van der Waals surface area contributed by atoms with Gasteiger partial charge < -0.3 is 24.6 Å². The van der Waals surface area contributed by atoms with Gasteiger partial charge in [-0.15, -0.1) is 0 Å². The van der Waals surface area contributed by atoms with Crippen LogP contribution >= 0.6 is 0 Å². The van der Waals surface area contributed by atoms with Gasteiger partial charge in [-0.2, -0.15) is 0 Å². The summed E-state index contributed by atoms with van der Waals surface area (Å²) in [4.78, 5) is 40.4. The predicted octanol–water partition coefficient (Wildman–Crippen LogP) is 3.01. The molecule has 8 heteroatoms. The summed E-state index contributed by atoms with van der Waals surface area (Å²) >= 11 is 0. The standard InChI is InChI=1S/C20H37N3O5/c1-7-8-13-27-19(26)23-11-9-22(10-12-23)17(24)16(14-15(2)3)21-18(25)28-20(4,5)6/h15-16H,7-14H2,1-6H3,(H,21,25)/t16-/m0/s1. The van der Waals surface area contributed by atoms with Gasteiger partial charge in [0, 0.05) is 26.2 Å². The van der Waals surface area contributed by atoms with Crippen molar-refractivity contribution in [1.82, 2.24) is 15.1 Å². The van der Waals surface area contributed by atoms with Crippen molar-refractivity contribution in [1.29, 1.82) is 0 Å². The molecule has 1 atom stereocenters. The van der Waals surface area contributed by atoms with Crippen molar-refractivity contribution in [3.63, 3.8) is 0 Å². The van der Waals surface area contributed by atoms with Gasteiger partial charge in [-0.1, -0.05) is 27.2 Å². The second-order valence-electron chi connectivity index (χ2n) is 8.61. The highest BCUT2D eigenvalue weighted by Gasteiger charge is 2.31. The molecular formula is C20H37N3O5. The lowest BCUT2D eigenvalue weighted by Gasteiger charge is -2.36. The fraction of sp³-hybridized carbons (Fsp3) is 0.850. The highest BCUT2D eigenvalue weighted by molar-refractivity contribution is 5.86. The highest BCUT2D eigenvalue weighted by atomic mass is 16.6. The summed E-state index contributed by atoms with van der Waals surface area (Å²) in [6.45, 7) is 13.5. The highest BCUT2D eigenvalue weighted by Crippen LogP contribution is 2.13. The molecule has 0 radical (unpaired) electrons. The molecule has 28 heavy (non-hydrogen) atoms. The van der Waals surface area contributed by atoms with Crippen LogP contribution in [-0.4, -0.2) is 72.3 Å². The second kappa shape index (κ2) is 11.1. The number of hydrogen-bond acceptors (Lipinski definition) is 5. The van der Waals surface area contributed by atoms with Crippen LogP contribution in [0, 0.1) is 5.92 Å². The topological polar surface area (TPSA) is 88.2 Å². The van der Waals surface area contributed by atoms with Crippen LogP contribution in [0.2, 0.25) is 0 Å². The van der Waals surface area contributed by atoms with Crippen molar-refractivity contribution in [2.45, 2.75) is 72.4 Å². The summed E-state index contributed by atoms with van der Waals surface area (Å²) in [5, 5.41) is 2.71. The molecule has 1 aliphatic rings. The molecule has 1 aliphatic heterocycles. The molecule has 1 saturated heterocycles. The molecule has 0 unspecified atom stereocenters. The largest absolute Gasteiger partial charge is 0.449 e. The van der Waals surface area contributed by atoms with Crippen LogP contribution in [0.5, 0.6) is 0 Å². The number of ether oxygens (including phenoxy) is 2. The maximum Gasteiger partial charge on any atom is 0.409 e. The van der Waals surface area contributed by atoms with Gasteiger partial charge in [-0.25, -0.2) is 9.59 Å². The Labute approximate surface area is 168 Å². The zero-order valence-corrected chi connectivity index (χ0v) is 18.2. The molecule has 0 bridgehead atoms. The predicted molar refractivity (Wildman–Crippen MR) is 107 cm³/mol. The third-order valence-electron chi connectivity index (χ3n) is 4.27. The fourth-order valence-electron chi connectivity index (χ4n) is 2.87. The van der Waals surface area contributed by atoms with Crippen LogP contribution in [0.3, 0.4) is 0 Å². The van der Waals surface area contributed by atoms with E-state index in [1.807, 2.05) is 20.8 Å². The zero-order valence-electron chi connectivity index (χ0n) is 18.2. The van der Waals surface area contributed by atoms with E-state index in [4.69, 9.17) is 9.47 Å². The second-order valence-corrected chi connectivity index (χ2v) is 8.61. The lowest BCUT2D eigenvalue weighted by atomic mass is 10.0. The van der Waals surface area contributed by atoms with E-state index in [9.17, 15) is 14.4 Å². The van der Waals surface area contributed by atoms with Gasteiger partial charge in [-0.05, 0) is 39.5 Å². The van der Waals surface area contributed by atoms with Crippen LogP contribution in [0.4, 0.5) is 9.59 Å². The van der Waals surface area contributed by atoms with Crippen LogP contribution in [0.15, 0.2) is 0 Å². The van der Waals surface area contributed by atoms with Gasteiger partial charge in [0.05, 0.1) is 6.61 Å². The number of piperazine rings is 1. The van der Waals surface area contributed by atoms with E-state index in [-0.39, 0.29) is 17.9 Å². The lowest BCUT2D eigenvalue weighted by molar-refractivity contribution is -0.135. The van der Waals surface area contributed by atoms with Crippen LogP contribution in [-0.2, 0) is 14.3 Å². The van der Waals surface area contributed by atoms with E-state index in [1.165, 1.54) is 0 Å². The molecule has 8 nitrogen and oxygen atoms in total. The summed E-state index contributed by atoms with van der Waals surface area (Å²) in [5.41, 5.74) is -0.626. The summed E-state index contributed by atoms with van der Waals surface area (Å²) in [5.74, 6) is 0.0947. The van der Waals surface area contributed by atoms with E-state index in [0.29, 0.717) is 39.2 Å². The first-order chi connectivity index (χ1) is 13.0. The van der Waals surface area contributed by atoms with Gasteiger partial charge in [0.15, 0.2) is 0 Å². The molecule has 1 heterocycles. The molecule has 1 rings (SSSR count). The normalized spacial score (nSPS) is 16.0. The van der Waals surface area contributed by atoms with Gasteiger partial charge >= 0.3 is 12.2 Å². The van der Waals surface area contributed by atoms with E-state index < -0.39 is 17.7 Å². The minimum atomic E-state index is -0.641. The monoisotopic (exact) mass is 399 g/mol. The summed E-state index contributed by atoms with van der Waals surface area (Å²) in [7, 11) is 0. The Balaban J connectivity index is 2.60. The number of rotatable bonds is 7. The van der Waals surface area contributed by atoms with Crippen LogP contribution < -0.4 is 5.32 Å². The SMILES string of the molecule is CCCCOC(=O)N1CCN(C(=O)[C@H](CC(C)C)NC(=O)OC(C)(C)C)CC1. The number of alkyl carbamates (subject to hydrolysis) is 1. The minimum absolute atomic E-state index is 0.140. The lowest BCUT2D eigenvalue weighted by Crippen LogP contribution is -2.56. The molecular weight excluding hydrogens is 362 g/mol. The van der Waals surface area contributed by atoms with Gasteiger partial charge in [0.25, 0.3) is 0 Å². The van der Waals surface area contributed by atoms with Gasteiger partial charge in [0.2, 0.25) is 5.91 Å². The molecule has 0 spiro atoms. The number of carbonyl (C=O) groups excluding carboxylic acids is 3. The Bertz CT molecular complexity index is 522. The molecule has 0 aromatic rings. The third kappa shape index (κ3) is 8.80. The Hall–Kier alpha value is -1.99. The first-order valence-electron chi connectivity index (χ1n) is 10.2. The number of carbonyl (C=O) groups is 3. The number of unbranched alkanes of at least 4 members (excludes halogenated alkanes) is 1. The number of nitrogens with one attached hydrogen (secondary N) is 1. The Kier molecular flexibility index (Phi) is 9.55. The van der Waals surface area contributed by atoms with Crippen molar-refractivity contribution in [3.8, 4) is 0 Å². The van der Waals surface area contributed by atoms with Crippen LogP contribution in [0.1, 0.15) is 60.8 Å². The van der Waals surface area contributed by atoms with Gasteiger partial charge in [-0.3, -0.25) is 4.79 Å². The average Bonchev–Trinajstić information content (AvgIpc) is 2.58. The van der Waals surface area contributed by atoms with Gasteiger partial charge in [0.1, 0.15) is 11.6 Å². The Morgan fingerprint density at radius 3 is 2.11 bits per heavy atom. The Morgan fingerprint density at radius 1 is 1.04 bits per heavy atom. The van der Waals surface area contributed by atoms with E-state index in [1.54, 1.807) is 30.6 Å². The first-order valence-corrected chi connectivity index (χ1v) is 10.2. The first kappa shape index (κ1) is 24.0. The minimum Gasteiger partial charge on any atom is -0.449 e. The summed E-state index contributed by atoms with van der Waals surface area (Å²) in [6, 6.07) is -0.641. The zero-order chi connectivity index (χ0) is 21.3. The third-order valence-corrected chi connectivity index (χ3v) is 4.27. The van der Waals surface area contributed by atoms with E-state index in [2.05, 4.69) is 5.32 Å². The molecule has 0 saturated carbocycles. The van der Waals surface area contributed by atoms with Crippen molar-refractivity contribution in [2.75, 3.05) is 32.8 Å². The van der Waals surface area contributed by atoms with Crippen molar-refractivity contribution < 1.29 is 23.9 Å². The molecule has 0 aliphatic carbocycles. The van der Waals surface area contributed by atoms with Crippen LogP contribution in [0.25, 0.3) is 0 Å². The molecule has 3 amide bonds. The molecule has 162 valence electrons. The number of hydrogen-bond donors (Lipinski definition) is 1. The van der Waals surface area contributed by atoms with Crippen molar-refractivity contribution in [3.05, 3.63) is 0 Å². The number of nitrogens with zero attached hydrogens (tertiary/aromatic N) is 2. The maximum atomic E-state index is 12.9. The molecule has 1 N–H and O–H groups in total. The number of amides is 3. The van der Waals surface area contributed by atoms with E-state index in [0.717, 1.165) is 12.8 Å². The van der Waals surface area contributed by atoms with Crippen molar-refractivity contribution >= 4 is 18.1 Å². The fourth-order valence-corrected chi connectivity index (χ4v) is 2.87. The summed E-state index contributed by atoms with van der Waals surface area (Å²) in [6.07, 6.45) is 1.42. The molecule has 0 aromatic carbocycles. The molecule has 1 fully saturated rings. The summed E-state index contributed by atoms with van der Waals surface area (Å²) < 4.78 is 10.5. The van der Waals surface area contributed by atoms with Crippen molar-refractivity contribution in [2.24, 2.45) is 5.92 Å². The molecule has 0 aromatic heterocycles. The quantitative estimate of drug-likeness (QED) is 0.665. The maximum absolute atomic E-state index is 12.9. The smallest absolute Gasteiger partial charge is 0.409 e. The van der Waals surface area contributed by atoms with E-state index >= 15 is 0 Å². The average molecular weight is 400 g/mol. The Morgan fingerprint density at radius 2 is 1.61 bits per heavy atom.